The van der Waals surface area contributed by atoms with E-state index in [2.05, 4.69) is 31.0 Å². The highest BCUT2D eigenvalue weighted by Gasteiger charge is 2.33. The van der Waals surface area contributed by atoms with Crippen LogP contribution in [0.15, 0.2) is 10.5 Å². The molecule has 0 aromatic carbocycles. The molecule has 0 aliphatic carbocycles. The van der Waals surface area contributed by atoms with E-state index in [0.717, 1.165) is 6.07 Å². The Morgan fingerprint density at radius 3 is 2.61 bits per heavy atom. The molecule has 1 aromatic heterocycles. The molecule has 1 heterocycles. The van der Waals surface area contributed by atoms with Gasteiger partial charge in [-0.25, -0.2) is 4.98 Å². The zero-order valence-electron chi connectivity index (χ0n) is 9.56. The van der Waals surface area contributed by atoms with E-state index >= 15 is 0 Å². The van der Waals surface area contributed by atoms with Crippen LogP contribution in [-0.4, -0.2) is 24.6 Å². The fourth-order valence-corrected chi connectivity index (χ4v) is 1.84. The molecule has 0 saturated heterocycles. The molecule has 4 nitrogen and oxygen atoms in total. The minimum Gasteiger partial charge on any atom is -0.375 e. The van der Waals surface area contributed by atoms with Crippen LogP contribution in [0.2, 0.25) is 0 Å². The van der Waals surface area contributed by atoms with Crippen LogP contribution in [-0.2, 0) is 15.7 Å². The largest absolute Gasteiger partial charge is 0.433 e. The van der Waals surface area contributed by atoms with Crippen molar-refractivity contribution in [3.05, 3.63) is 21.9 Å². The molecule has 8 heteroatoms. The zero-order chi connectivity index (χ0) is 13.9. The van der Waals surface area contributed by atoms with Crippen LogP contribution in [0.1, 0.15) is 11.4 Å². The van der Waals surface area contributed by atoms with Crippen molar-refractivity contribution in [2.45, 2.75) is 13.1 Å². The highest BCUT2D eigenvalue weighted by atomic mass is 79.9. The summed E-state index contributed by atoms with van der Waals surface area (Å²) in [5, 5.41) is 2.42. The smallest absolute Gasteiger partial charge is 0.375 e. The van der Waals surface area contributed by atoms with Gasteiger partial charge in [0, 0.05) is 11.6 Å². The summed E-state index contributed by atoms with van der Waals surface area (Å²) in [4.78, 5) is 14.7. The molecule has 0 aliphatic heterocycles. The Labute approximate surface area is 110 Å². The number of aromatic nitrogens is 1. The second-order valence-corrected chi connectivity index (χ2v) is 4.28. The molecule has 1 amide bonds. The summed E-state index contributed by atoms with van der Waals surface area (Å²) in [6.45, 7) is 1.19. The molecule has 0 unspecified atom stereocenters. The van der Waals surface area contributed by atoms with Gasteiger partial charge in [-0.3, -0.25) is 4.79 Å². The van der Waals surface area contributed by atoms with E-state index in [9.17, 15) is 18.0 Å². The number of alkyl halides is 3. The standard InChI is InChI=1S/C10H10BrF3N2O2/c1-5-9(16-8(17)4-18-2)6(11)3-7(15-5)10(12,13)14/h3H,4H2,1-2H3,(H,16,17). The molecule has 0 aliphatic rings. The summed E-state index contributed by atoms with van der Waals surface area (Å²) in [6.07, 6.45) is -4.53. The highest BCUT2D eigenvalue weighted by Crippen LogP contribution is 2.33. The van der Waals surface area contributed by atoms with Gasteiger partial charge >= 0.3 is 6.18 Å². The minimum atomic E-state index is -4.53. The van der Waals surface area contributed by atoms with Gasteiger partial charge in [0.1, 0.15) is 12.3 Å². The van der Waals surface area contributed by atoms with Crippen LogP contribution in [0.25, 0.3) is 0 Å². The molecule has 0 atom stereocenters. The maximum absolute atomic E-state index is 12.5. The van der Waals surface area contributed by atoms with Crippen molar-refractivity contribution < 1.29 is 22.7 Å². The van der Waals surface area contributed by atoms with Crippen LogP contribution in [0, 0.1) is 6.92 Å². The van der Waals surface area contributed by atoms with E-state index in [-0.39, 0.29) is 22.5 Å². The lowest BCUT2D eigenvalue weighted by atomic mass is 10.2. The Kier molecular flexibility index (Phi) is 4.69. The van der Waals surface area contributed by atoms with E-state index in [1.807, 2.05) is 0 Å². The summed E-state index contributed by atoms with van der Waals surface area (Å²) in [6, 6.07) is 0.815. The number of methoxy groups -OCH3 is 1. The van der Waals surface area contributed by atoms with Crippen LogP contribution in [0.5, 0.6) is 0 Å². The van der Waals surface area contributed by atoms with Gasteiger partial charge in [0.05, 0.1) is 11.4 Å². The van der Waals surface area contributed by atoms with Crippen molar-refractivity contribution >= 4 is 27.5 Å². The second-order valence-electron chi connectivity index (χ2n) is 3.43. The summed E-state index contributed by atoms with van der Waals surface area (Å²) in [5.74, 6) is -0.470. The Balaban J connectivity index is 3.06. The fraction of sp³-hybridized carbons (Fsp3) is 0.400. The molecule has 0 bridgehead atoms. The lowest BCUT2D eigenvalue weighted by Gasteiger charge is -2.13. The number of amides is 1. The molecular formula is C10H10BrF3N2O2. The summed E-state index contributed by atoms with van der Waals surface area (Å²) >= 11 is 2.97. The van der Waals surface area contributed by atoms with Crippen LogP contribution in [0.4, 0.5) is 18.9 Å². The normalized spacial score (nSPS) is 11.4. The zero-order valence-corrected chi connectivity index (χ0v) is 11.1. The van der Waals surface area contributed by atoms with Crippen LogP contribution >= 0.6 is 15.9 Å². The summed E-state index contributed by atoms with van der Waals surface area (Å²) in [7, 11) is 1.34. The average molecular weight is 327 g/mol. The van der Waals surface area contributed by atoms with E-state index in [0.29, 0.717) is 0 Å². The molecule has 0 saturated carbocycles. The highest BCUT2D eigenvalue weighted by molar-refractivity contribution is 9.10. The molecule has 0 radical (unpaired) electrons. The van der Waals surface area contributed by atoms with Crippen molar-refractivity contribution in [1.29, 1.82) is 0 Å². The molecular weight excluding hydrogens is 317 g/mol. The van der Waals surface area contributed by atoms with Crippen molar-refractivity contribution in [3.8, 4) is 0 Å². The number of anilines is 1. The first-order chi connectivity index (χ1) is 8.25. The van der Waals surface area contributed by atoms with Crippen molar-refractivity contribution in [2.75, 3.05) is 19.0 Å². The van der Waals surface area contributed by atoms with Gasteiger partial charge in [-0.15, -0.1) is 0 Å². The quantitative estimate of drug-likeness (QED) is 0.929. The molecule has 18 heavy (non-hydrogen) atoms. The number of carbonyl (C=O) groups is 1. The van der Waals surface area contributed by atoms with Crippen LogP contribution < -0.4 is 5.32 Å². The molecule has 1 aromatic rings. The molecule has 0 spiro atoms. The number of nitrogens with zero attached hydrogens (tertiary/aromatic N) is 1. The molecule has 100 valence electrons. The molecule has 1 rings (SSSR count). The number of nitrogens with one attached hydrogen (secondary N) is 1. The number of aryl methyl sites for hydroxylation is 1. The first-order valence-electron chi connectivity index (χ1n) is 4.79. The first-order valence-corrected chi connectivity index (χ1v) is 5.58. The van der Waals surface area contributed by atoms with Gasteiger partial charge in [-0.1, -0.05) is 0 Å². The SMILES string of the molecule is COCC(=O)Nc1c(Br)cc(C(F)(F)F)nc1C. The third-order valence-electron chi connectivity index (χ3n) is 1.98. The number of halogens is 4. The van der Waals surface area contributed by atoms with Gasteiger partial charge in [-0.05, 0) is 28.9 Å². The monoisotopic (exact) mass is 326 g/mol. The summed E-state index contributed by atoms with van der Waals surface area (Å²) in [5.41, 5.74) is -0.747. The van der Waals surface area contributed by atoms with E-state index in [1.54, 1.807) is 0 Å². The third-order valence-corrected chi connectivity index (χ3v) is 2.61. The molecule has 0 fully saturated rings. The van der Waals surface area contributed by atoms with E-state index in [1.165, 1.54) is 14.0 Å². The lowest BCUT2D eigenvalue weighted by Crippen LogP contribution is -2.19. The minimum absolute atomic E-state index is 0.0705. The van der Waals surface area contributed by atoms with Crippen molar-refractivity contribution in [1.82, 2.24) is 4.98 Å². The van der Waals surface area contributed by atoms with Crippen molar-refractivity contribution in [2.24, 2.45) is 0 Å². The third kappa shape index (κ3) is 3.67. The Bertz CT molecular complexity index is 440. The van der Waals surface area contributed by atoms with Gasteiger partial charge in [-0.2, -0.15) is 13.2 Å². The molecule has 1 N–H and O–H groups in total. The maximum Gasteiger partial charge on any atom is 0.433 e. The van der Waals surface area contributed by atoms with Crippen LogP contribution in [0.3, 0.4) is 0 Å². The average Bonchev–Trinajstić information content (AvgIpc) is 2.22. The van der Waals surface area contributed by atoms with E-state index < -0.39 is 17.8 Å². The Morgan fingerprint density at radius 1 is 1.56 bits per heavy atom. The number of pyridine rings is 1. The number of hydrogen-bond donors (Lipinski definition) is 1. The van der Waals surface area contributed by atoms with Gasteiger partial charge in [0.15, 0.2) is 0 Å². The Morgan fingerprint density at radius 2 is 2.17 bits per heavy atom. The number of hydrogen-bond acceptors (Lipinski definition) is 3. The summed E-state index contributed by atoms with van der Waals surface area (Å²) < 4.78 is 42.1. The number of carbonyl (C=O) groups excluding carboxylic acids is 1. The maximum atomic E-state index is 12.5. The predicted octanol–water partition coefficient (Wildman–Crippen LogP) is 2.76. The number of ether oxygens (including phenoxy) is 1. The predicted molar refractivity (Wildman–Crippen MR) is 62.2 cm³/mol. The topological polar surface area (TPSA) is 51.2 Å². The first kappa shape index (κ1) is 14.9. The van der Waals surface area contributed by atoms with Gasteiger partial charge < -0.3 is 10.1 Å². The van der Waals surface area contributed by atoms with Crippen molar-refractivity contribution in [3.63, 3.8) is 0 Å². The lowest BCUT2D eigenvalue weighted by molar-refractivity contribution is -0.141. The fourth-order valence-electron chi connectivity index (χ4n) is 1.24. The van der Waals surface area contributed by atoms with Gasteiger partial charge in [0.2, 0.25) is 5.91 Å². The van der Waals surface area contributed by atoms with E-state index in [4.69, 9.17) is 0 Å². The number of rotatable bonds is 3. The second kappa shape index (κ2) is 5.66. The van der Waals surface area contributed by atoms with Gasteiger partial charge in [0.25, 0.3) is 0 Å². The Hall–Kier alpha value is -1.15.